The molecule has 2 N–H and O–H groups in total. The summed E-state index contributed by atoms with van der Waals surface area (Å²) in [5.41, 5.74) is 0.891. The fraction of sp³-hybridized carbons (Fsp3) is 0.158. The van der Waals surface area contributed by atoms with Crippen LogP contribution in [0.2, 0.25) is 0 Å². The van der Waals surface area contributed by atoms with E-state index in [1.54, 1.807) is 18.2 Å². The van der Waals surface area contributed by atoms with Gasteiger partial charge in [-0.25, -0.2) is 0 Å². The average molecular weight is 354 g/mol. The van der Waals surface area contributed by atoms with Crippen molar-refractivity contribution in [1.82, 2.24) is 0 Å². The van der Waals surface area contributed by atoms with Crippen LogP contribution in [0.15, 0.2) is 45.8 Å². The van der Waals surface area contributed by atoms with Crippen LogP contribution in [-0.4, -0.2) is 29.4 Å². The van der Waals surface area contributed by atoms with Gasteiger partial charge in [-0.05, 0) is 35.4 Å². The molecule has 3 aromatic rings. The fourth-order valence-corrected chi connectivity index (χ4v) is 2.97. The molecule has 2 heterocycles. The minimum Gasteiger partial charge on any atom is -0.507 e. The highest BCUT2D eigenvalue weighted by atomic mass is 16.6. The molecule has 0 spiro atoms. The smallest absolute Gasteiger partial charge is 0.307 e. The third kappa shape index (κ3) is 2.73. The summed E-state index contributed by atoms with van der Waals surface area (Å²) in [4.78, 5) is 23.7. The van der Waals surface area contributed by atoms with Gasteiger partial charge in [-0.2, -0.15) is 0 Å². The Morgan fingerprint density at radius 1 is 1.08 bits per heavy atom. The van der Waals surface area contributed by atoms with Gasteiger partial charge in [0.05, 0.1) is 12.0 Å². The van der Waals surface area contributed by atoms with Crippen LogP contribution in [0.5, 0.6) is 17.2 Å². The van der Waals surface area contributed by atoms with Gasteiger partial charge in [0.25, 0.3) is 0 Å². The molecule has 132 valence electrons. The normalized spacial score (nSPS) is 12.9. The zero-order chi connectivity index (χ0) is 18.3. The van der Waals surface area contributed by atoms with Crippen LogP contribution in [0.25, 0.3) is 22.1 Å². The Kier molecular flexibility index (Phi) is 3.76. The lowest BCUT2D eigenvalue weighted by Crippen LogP contribution is -2.15. The Balaban J connectivity index is 1.85. The second-order valence-electron chi connectivity index (χ2n) is 5.90. The number of aliphatic carboxylic acids is 1. The number of carboxylic acids is 1. The number of aromatic hydroxyl groups is 1. The first-order valence-electron chi connectivity index (χ1n) is 7.92. The summed E-state index contributed by atoms with van der Waals surface area (Å²) in [5, 5.41) is 19.1. The first-order chi connectivity index (χ1) is 12.5. The molecule has 0 saturated carbocycles. The van der Waals surface area contributed by atoms with Crippen molar-refractivity contribution in [3.8, 4) is 28.4 Å². The van der Waals surface area contributed by atoms with Gasteiger partial charge in [0, 0.05) is 0 Å². The second-order valence-corrected chi connectivity index (χ2v) is 5.90. The van der Waals surface area contributed by atoms with Crippen molar-refractivity contribution in [3.05, 3.63) is 52.4 Å². The Bertz CT molecular complexity index is 1080. The van der Waals surface area contributed by atoms with Gasteiger partial charge in [-0.1, -0.05) is 6.07 Å². The number of benzene rings is 2. The summed E-state index contributed by atoms with van der Waals surface area (Å²) >= 11 is 0. The molecule has 4 rings (SSSR count). The van der Waals surface area contributed by atoms with Gasteiger partial charge in [0.1, 0.15) is 36.2 Å². The van der Waals surface area contributed by atoms with E-state index < -0.39 is 11.4 Å². The molecule has 7 nitrogen and oxygen atoms in total. The van der Waals surface area contributed by atoms with E-state index in [4.69, 9.17) is 19.0 Å². The molecule has 2 aromatic carbocycles. The van der Waals surface area contributed by atoms with Crippen LogP contribution in [-0.2, 0) is 11.2 Å². The van der Waals surface area contributed by atoms with Crippen molar-refractivity contribution in [2.45, 2.75) is 6.42 Å². The Morgan fingerprint density at radius 2 is 1.85 bits per heavy atom. The molecule has 0 amide bonds. The van der Waals surface area contributed by atoms with Crippen LogP contribution in [0.4, 0.5) is 0 Å². The summed E-state index contributed by atoms with van der Waals surface area (Å²) < 4.78 is 16.5. The Labute approximate surface area is 147 Å². The average Bonchev–Trinajstić information content (AvgIpc) is 2.60. The SMILES string of the molecule is O=C(O)Cc1cc(O)c2c(=O)c(-c3ccc4c(c3)OCCO4)coc2c1. The number of fused-ring (bicyclic) bond motifs is 2. The third-order valence-electron chi connectivity index (χ3n) is 4.13. The molecule has 0 aliphatic carbocycles. The molecule has 0 saturated heterocycles. The van der Waals surface area contributed by atoms with E-state index in [0.717, 1.165) is 0 Å². The van der Waals surface area contributed by atoms with Gasteiger partial charge in [-0.3, -0.25) is 9.59 Å². The number of phenols is 1. The molecule has 1 aromatic heterocycles. The molecule has 0 unspecified atom stereocenters. The van der Waals surface area contributed by atoms with E-state index in [0.29, 0.717) is 35.8 Å². The van der Waals surface area contributed by atoms with Crippen LogP contribution in [0.3, 0.4) is 0 Å². The number of hydrogen-bond acceptors (Lipinski definition) is 6. The highest BCUT2D eigenvalue weighted by Crippen LogP contribution is 2.34. The quantitative estimate of drug-likeness (QED) is 0.744. The summed E-state index contributed by atoms with van der Waals surface area (Å²) in [5.74, 6) is -0.216. The first-order valence-corrected chi connectivity index (χ1v) is 7.92. The molecule has 7 heteroatoms. The number of carbonyl (C=O) groups is 1. The van der Waals surface area contributed by atoms with Crippen LogP contribution in [0, 0.1) is 0 Å². The lowest BCUT2D eigenvalue weighted by Gasteiger charge is -2.18. The van der Waals surface area contributed by atoms with Crippen molar-refractivity contribution in [1.29, 1.82) is 0 Å². The first kappa shape index (κ1) is 16.0. The molecule has 26 heavy (non-hydrogen) atoms. The lowest BCUT2D eigenvalue weighted by molar-refractivity contribution is -0.136. The van der Waals surface area contributed by atoms with Gasteiger partial charge >= 0.3 is 5.97 Å². The number of rotatable bonds is 3. The van der Waals surface area contributed by atoms with Crippen molar-refractivity contribution in [3.63, 3.8) is 0 Å². The van der Waals surface area contributed by atoms with Crippen molar-refractivity contribution in [2.24, 2.45) is 0 Å². The third-order valence-corrected chi connectivity index (χ3v) is 4.13. The fourth-order valence-electron chi connectivity index (χ4n) is 2.97. The summed E-state index contributed by atoms with van der Waals surface area (Å²) in [6.07, 6.45) is 1.01. The maximum atomic E-state index is 12.8. The van der Waals surface area contributed by atoms with Crippen LogP contribution in [0.1, 0.15) is 5.56 Å². The summed E-state index contributed by atoms with van der Waals surface area (Å²) in [7, 11) is 0. The van der Waals surface area contributed by atoms with Crippen LogP contribution < -0.4 is 14.9 Å². The monoisotopic (exact) mass is 354 g/mol. The van der Waals surface area contributed by atoms with Crippen molar-refractivity contribution >= 4 is 16.9 Å². The molecule has 0 radical (unpaired) electrons. The second kappa shape index (κ2) is 6.11. The number of phenolic OH excluding ortho intramolecular Hbond substituents is 1. The molecule has 1 aliphatic heterocycles. The van der Waals surface area contributed by atoms with E-state index in [2.05, 4.69) is 0 Å². The topological polar surface area (TPSA) is 106 Å². The number of carboxylic acid groups (broad SMARTS) is 1. The van der Waals surface area contributed by atoms with Crippen LogP contribution >= 0.6 is 0 Å². The standard InChI is InChI=1S/C19H14O7/c20-13-5-10(7-17(21)22)6-16-18(13)19(23)12(9-26-16)11-1-2-14-15(8-11)25-4-3-24-14/h1-2,5-6,8-9,20H,3-4,7H2,(H,21,22). The zero-order valence-electron chi connectivity index (χ0n) is 13.5. The molecular weight excluding hydrogens is 340 g/mol. The maximum absolute atomic E-state index is 12.8. The van der Waals surface area contributed by atoms with Gasteiger partial charge in [0.15, 0.2) is 11.5 Å². The van der Waals surface area contributed by atoms with E-state index in [9.17, 15) is 14.7 Å². The van der Waals surface area contributed by atoms with E-state index >= 15 is 0 Å². The van der Waals surface area contributed by atoms with Gasteiger partial charge in [-0.15, -0.1) is 0 Å². The van der Waals surface area contributed by atoms with E-state index in [1.165, 1.54) is 18.4 Å². The Morgan fingerprint density at radius 3 is 2.62 bits per heavy atom. The maximum Gasteiger partial charge on any atom is 0.307 e. The van der Waals surface area contributed by atoms with Gasteiger partial charge < -0.3 is 24.1 Å². The molecular formula is C19H14O7. The zero-order valence-corrected chi connectivity index (χ0v) is 13.5. The minimum absolute atomic E-state index is 0.00604. The molecule has 0 atom stereocenters. The predicted octanol–water partition coefficient (Wildman–Crippen LogP) is 2.56. The molecule has 0 bridgehead atoms. The number of ether oxygens (including phenoxy) is 2. The number of hydrogen-bond donors (Lipinski definition) is 2. The van der Waals surface area contributed by atoms with Gasteiger partial charge in [0.2, 0.25) is 5.43 Å². The van der Waals surface area contributed by atoms with Crippen molar-refractivity contribution in [2.75, 3.05) is 13.2 Å². The summed E-state index contributed by atoms with van der Waals surface area (Å²) in [6, 6.07) is 7.81. The predicted molar refractivity (Wildman–Crippen MR) is 91.9 cm³/mol. The van der Waals surface area contributed by atoms with E-state index in [1.807, 2.05) is 0 Å². The molecule has 1 aliphatic rings. The Hall–Kier alpha value is -3.48. The summed E-state index contributed by atoms with van der Waals surface area (Å²) in [6.45, 7) is 0.896. The van der Waals surface area contributed by atoms with Crippen molar-refractivity contribution < 1.29 is 28.9 Å². The molecule has 0 fully saturated rings. The largest absolute Gasteiger partial charge is 0.507 e. The lowest BCUT2D eigenvalue weighted by atomic mass is 10.0. The highest BCUT2D eigenvalue weighted by molar-refractivity contribution is 5.88. The minimum atomic E-state index is -1.04. The van der Waals surface area contributed by atoms with E-state index in [-0.39, 0.29) is 28.7 Å². The highest BCUT2D eigenvalue weighted by Gasteiger charge is 2.17.